The smallest absolute Gasteiger partial charge is 0.311 e. The van der Waals surface area contributed by atoms with E-state index in [4.69, 9.17) is 0 Å². The van der Waals surface area contributed by atoms with E-state index in [9.17, 15) is 26.7 Å². The third-order valence-corrected chi connectivity index (χ3v) is 2.02. The van der Waals surface area contributed by atoms with Gasteiger partial charge in [0.25, 0.3) is 0 Å². The highest BCUT2D eigenvalue weighted by atomic mass is 19.2. The number of rotatable bonds is 4. The average Bonchev–Trinajstić information content (AvgIpc) is 2.36. The number of esters is 1. The monoisotopic (exact) mass is 267 g/mol. The zero-order chi connectivity index (χ0) is 13.9. The van der Waals surface area contributed by atoms with E-state index >= 15 is 0 Å². The second-order valence-electron chi connectivity index (χ2n) is 3.33. The lowest BCUT2D eigenvalue weighted by atomic mass is 10.2. The summed E-state index contributed by atoms with van der Waals surface area (Å²) in [5.41, 5.74) is 0. The first kappa shape index (κ1) is 14.4. The van der Waals surface area contributed by atoms with E-state index in [0.29, 0.717) is 6.42 Å². The molecular weight excluding hydrogens is 259 g/mol. The third-order valence-electron chi connectivity index (χ3n) is 2.02. The molecule has 0 aliphatic carbocycles. The van der Waals surface area contributed by atoms with Crippen LogP contribution in [0.2, 0.25) is 0 Å². The van der Waals surface area contributed by atoms with Gasteiger partial charge in [-0.2, -0.15) is 8.78 Å². The lowest BCUT2D eigenvalue weighted by molar-refractivity contribution is -0.134. The maximum absolute atomic E-state index is 13.1. The number of ether oxygens (including phenoxy) is 1. The third kappa shape index (κ3) is 2.77. The Morgan fingerprint density at radius 3 is 1.83 bits per heavy atom. The minimum absolute atomic E-state index is 0.233. The van der Waals surface area contributed by atoms with Gasteiger partial charge >= 0.3 is 5.97 Å². The van der Waals surface area contributed by atoms with Crippen molar-refractivity contribution >= 4 is 5.97 Å². The van der Waals surface area contributed by atoms with Gasteiger partial charge < -0.3 is 4.74 Å². The predicted octanol–water partition coefficient (Wildman–Crippen LogP) is 3.29. The molecule has 0 aliphatic rings. The van der Waals surface area contributed by atoms with Crippen molar-refractivity contribution < 1.29 is 31.5 Å². The summed E-state index contributed by atoms with van der Waals surface area (Å²) in [6.45, 7) is 3.41. The minimum atomic E-state index is -2.30. The summed E-state index contributed by atoms with van der Waals surface area (Å²) in [7, 11) is 0. The van der Waals surface area contributed by atoms with Crippen LogP contribution in [0.1, 0.15) is 19.3 Å². The summed E-state index contributed by atoms with van der Waals surface area (Å²) in [5.74, 6) is -13.6. The van der Waals surface area contributed by atoms with Crippen LogP contribution in [0.15, 0.2) is 0 Å². The lowest BCUT2D eigenvalue weighted by Crippen LogP contribution is -2.13. The summed E-state index contributed by atoms with van der Waals surface area (Å²) in [4.78, 5) is 11.1. The van der Waals surface area contributed by atoms with Crippen molar-refractivity contribution in [3.8, 4) is 5.75 Å². The molecule has 18 heavy (non-hydrogen) atoms. The first-order valence-electron chi connectivity index (χ1n) is 4.91. The quantitative estimate of drug-likeness (QED) is 0.275. The molecule has 0 atom stereocenters. The Hall–Kier alpha value is -1.66. The molecule has 7 heteroatoms. The summed E-state index contributed by atoms with van der Waals surface area (Å²) in [5, 5.41) is 0. The molecule has 99 valence electrons. The van der Waals surface area contributed by atoms with E-state index in [-0.39, 0.29) is 12.8 Å². The van der Waals surface area contributed by atoms with Gasteiger partial charge in [-0.15, -0.1) is 0 Å². The molecule has 1 aromatic rings. The molecule has 0 saturated heterocycles. The van der Waals surface area contributed by atoms with Gasteiger partial charge in [0, 0.05) is 6.42 Å². The molecule has 0 aliphatic heterocycles. The molecule has 0 saturated carbocycles. The summed E-state index contributed by atoms with van der Waals surface area (Å²) in [6.07, 6.45) is 0.406. The molecule has 0 unspecified atom stereocenters. The molecule has 0 bridgehead atoms. The lowest BCUT2D eigenvalue weighted by Gasteiger charge is -2.08. The van der Waals surface area contributed by atoms with E-state index in [1.54, 1.807) is 0 Å². The van der Waals surface area contributed by atoms with Gasteiger partial charge in [-0.25, -0.2) is 13.2 Å². The van der Waals surface area contributed by atoms with Gasteiger partial charge in [0.05, 0.1) is 0 Å². The van der Waals surface area contributed by atoms with Crippen LogP contribution < -0.4 is 4.74 Å². The number of unbranched alkanes of at least 4 members (excludes halogenated alkanes) is 1. The van der Waals surface area contributed by atoms with Crippen molar-refractivity contribution in [2.45, 2.75) is 19.3 Å². The van der Waals surface area contributed by atoms with Crippen LogP contribution >= 0.6 is 0 Å². The number of carbonyl (C=O) groups excluding carboxylic acids is 1. The van der Waals surface area contributed by atoms with E-state index in [0.717, 1.165) is 0 Å². The molecule has 0 fully saturated rings. The van der Waals surface area contributed by atoms with Gasteiger partial charge in [-0.1, -0.05) is 13.3 Å². The van der Waals surface area contributed by atoms with Crippen molar-refractivity contribution in [3.05, 3.63) is 36.0 Å². The van der Waals surface area contributed by atoms with Crippen LogP contribution in [0.5, 0.6) is 5.75 Å². The van der Waals surface area contributed by atoms with Crippen molar-refractivity contribution in [2.75, 3.05) is 0 Å². The van der Waals surface area contributed by atoms with Gasteiger partial charge in [-0.3, -0.25) is 4.79 Å². The number of hydrogen-bond donors (Lipinski definition) is 0. The fraction of sp³-hybridized carbons (Fsp3) is 0.273. The van der Waals surface area contributed by atoms with Crippen LogP contribution in [0.3, 0.4) is 0 Å². The second-order valence-corrected chi connectivity index (χ2v) is 3.33. The normalized spacial score (nSPS) is 10.6. The number of hydrogen-bond acceptors (Lipinski definition) is 2. The predicted molar refractivity (Wildman–Crippen MR) is 51.1 cm³/mol. The highest BCUT2D eigenvalue weighted by molar-refractivity contribution is 5.72. The molecule has 0 spiro atoms. The van der Waals surface area contributed by atoms with Crippen molar-refractivity contribution in [2.24, 2.45) is 0 Å². The van der Waals surface area contributed by atoms with Crippen LogP contribution in [0, 0.1) is 36.0 Å². The van der Waals surface area contributed by atoms with Crippen molar-refractivity contribution in [1.82, 2.24) is 0 Å². The SMILES string of the molecule is [CH2]CCCC(=O)Oc1c(F)c(F)c(F)c(F)c1F. The Morgan fingerprint density at radius 2 is 1.39 bits per heavy atom. The van der Waals surface area contributed by atoms with Crippen molar-refractivity contribution in [3.63, 3.8) is 0 Å². The van der Waals surface area contributed by atoms with Crippen LogP contribution in [0.25, 0.3) is 0 Å². The van der Waals surface area contributed by atoms with E-state index in [2.05, 4.69) is 11.7 Å². The maximum atomic E-state index is 13.1. The van der Waals surface area contributed by atoms with Crippen LogP contribution in [0.4, 0.5) is 22.0 Å². The van der Waals surface area contributed by atoms with Gasteiger partial charge in [-0.05, 0) is 6.42 Å². The Kier molecular flexibility index (Phi) is 4.63. The summed E-state index contributed by atoms with van der Waals surface area (Å²) in [6, 6.07) is 0. The zero-order valence-electron chi connectivity index (χ0n) is 9.03. The molecule has 0 N–H and O–H groups in total. The Labute approximate surface area is 99.4 Å². The summed E-state index contributed by atoms with van der Waals surface area (Å²) >= 11 is 0. The number of halogens is 5. The van der Waals surface area contributed by atoms with Gasteiger partial charge in [0.15, 0.2) is 0 Å². The van der Waals surface area contributed by atoms with E-state index < -0.39 is 40.8 Å². The van der Waals surface area contributed by atoms with Gasteiger partial charge in [0.2, 0.25) is 34.8 Å². The first-order valence-corrected chi connectivity index (χ1v) is 4.91. The minimum Gasteiger partial charge on any atom is -0.420 e. The van der Waals surface area contributed by atoms with Crippen LogP contribution in [-0.2, 0) is 4.79 Å². The Morgan fingerprint density at radius 1 is 0.944 bits per heavy atom. The molecule has 1 rings (SSSR count). The van der Waals surface area contributed by atoms with Crippen LogP contribution in [-0.4, -0.2) is 5.97 Å². The Balaban J connectivity index is 3.06. The summed E-state index contributed by atoms with van der Waals surface area (Å²) < 4.78 is 68.4. The first-order chi connectivity index (χ1) is 8.40. The highest BCUT2D eigenvalue weighted by Gasteiger charge is 2.28. The fourth-order valence-electron chi connectivity index (χ4n) is 1.11. The molecule has 1 aromatic carbocycles. The molecule has 1 radical (unpaired) electrons. The largest absolute Gasteiger partial charge is 0.420 e. The molecule has 0 aromatic heterocycles. The molecule has 2 nitrogen and oxygen atoms in total. The van der Waals surface area contributed by atoms with E-state index in [1.807, 2.05) is 0 Å². The topological polar surface area (TPSA) is 26.3 Å². The fourth-order valence-corrected chi connectivity index (χ4v) is 1.11. The molecule has 0 amide bonds. The zero-order valence-corrected chi connectivity index (χ0v) is 9.03. The molecular formula is C11H8F5O2. The standard InChI is InChI=1S/C11H8F5O2/c1-2-3-4-5(17)18-11-9(15)7(13)6(12)8(14)10(11)16/h1-4H2. The van der Waals surface area contributed by atoms with Crippen molar-refractivity contribution in [1.29, 1.82) is 0 Å². The molecule has 0 heterocycles. The average molecular weight is 267 g/mol. The number of benzene rings is 1. The maximum Gasteiger partial charge on any atom is 0.311 e. The highest BCUT2D eigenvalue weighted by Crippen LogP contribution is 2.29. The van der Waals surface area contributed by atoms with E-state index in [1.165, 1.54) is 0 Å². The number of carbonyl (C=O) groups is 1. The van der Waals surface area contributed by atoms with Gasteiger partial charge in [0.1, 0.15) is 0 Å². The second kappa shape index (κ2) is 5.79. The Bertz CT molecular complexity index is 444.